The molecule has 0 aromatic heterocycles. The van der Waals surface area contributed by atoms with Gasteiger partial charge in [0.15, 0.2) is 6.04 Å². The molecule has 210 valence electrons. The van der Waals surface area contributed by atoms with Crippen molar-refractivity contribution < 1.29 is 26.2 Å². The van der Waals surface area contributed by atoms with Gasteiger partial charge in [-0.1, -0.05) is 47.5 Å². The number of hydrogen-bond acceptors (Lipinski definition) is 8. The van der Waals surface area contributed by atoms with Crippen LogP contribution in [0.4, 0.5) is 17.1 Å². The minimum absolute atomic E-state index is 0.00265. The highest BCUT2D eigenvalue weighted by atomic mass is 35.5. The predicted molar refractivity (Wildman–Crippen MR) is 153 cm³/mol. The van der Waals surface area contributed by atoms with E-state index in [2.05, 4.69) is 15.3 Å². The van der Waals surface area contributed by atoms with Crippen LogP contribution in [0.3, 0.4) is 0 Å². The van der Waals surface area contributed by atoms with Gasteiger partial charge in [0.25, 0.3) is 26.0 Å². The van der Waals surface area contributed by atoms with E-state index in [0.717, 1.165) is 17.1 Å². The van der Waals surface area contributed by atoms with E-state index in [9.17, 15) is 26.2 Å². The summed E-state index contributed by atoms with van der Waals surface area (Å²) in [7, 11) is -8.57. The van der Waals surface area contributed by atoms with Crippen molar-refractivity contribution in [3.63, 3.8) is 0 Å². The van der Waals surface area contributed by atoms with Crippen LogP contribution in [0.25, 0.3) is 0 Å². The van der Waals surface area contributed by atoms with Crippen molar-refractivity contribution in [3.05, 3.63) is 76.3 Å². The molecular formula is C25H23Cl2N5O6S2. The monoisotopic (exact) mass is 623 g/mol. The lowest BCUT2D eigenvalue weighted by molar-refractivity contribution is -0.117. The molecule has 0 saturated carbocycles. The second-order valence-corrected chi connectivity index (χ2v) is 12.7. The number of azo groups is 1. The molecule has 1 amide bonds. The number of hydrogen-bond donors (Lipinski definition) is 1. The fourth-order valence-electron chi connectivity index (χ4n) is 3.93. The van der Waals surface area contributed by atoms with E-state index in [1.165, 1.54) is 23.4 Å². The molecule has 11 nitrogen and oxygen atoms in total. The number of nitrogens with zero attached hydrogens (tertiary/aromatic N) is 5. The van der Waals surface area contributed by atoms with E-state index >= 15 is 0 Å². The maximum Gasteiger partial charge on any atom is 0.296 e. The number of sulfonamides is 1. The zero-order chi connectivity index (χ0) is 29.4. The van der Waals surface area contributed by atoms with E-state index in [1.54, 1.807) is 50.2 Å². The van der Waals surface area contributed by atoms with Crippen molar-refractivity contribution >= 4 is 72.0 Å². The van der Waals surface area contributed by atoms with Gasteiger partial charge in [-0.05, 0) is 62.7 Å². The number of para-hydroxylation sites is 1. The molecule has 0 saturated heterocycles. The van der Waals surface area contributed by atoms with Crippen LogP contribution >= 0.6 is 23.2 Å². The molecule has 1 aliphatic rings. The predicted octanol–water partition coefficient (Wildman–Crippen LogP) is 5.64. The van der Waals surface area contributed by atoms with E-state index < -0.39 is 37.0 Å². The Morgan fingerprint density at radius 1 is 1.00 bits per heavy atom. The highest BCUT2D eigenvalue weighted by molar-refractivity contribution is 7.92. The summed E-state index contributed by atoms with van der Waals surface area (Å²) in [6, 6.07) is 14.0. The van der Waals surface area contributed by atoms with Crippen LogP contribution in [0, 0.1) is 6.92 Å². The van der Waals surface area contributed by atoms with Gasteiger partial charge in [-0.25, -0.2) is 8.42 Å². The van der Waals surface area contributed by atoms with Crippen molar-refractivity contribution in [2.24, 2.45) is 15.3 Å². The Morgan fingerprint density at radius 2 is 1.68 bits per heavy atom. The summed E-state index contributed by atoms with van der Waals surface area (Å²) < 4.78 is 60.5. The lowest BCUT2D eigenvalue weighted by atomic mass is 10.2. The normalized spacial score (nSPS) is 16.1. The number of hydrazone groups is 1. The van der Waals surface area contributed by atoms with Crippen molar-refractivity contribution in [2.75, 3.05) is 15.9 Å². The Morgan fingerprint density at radius 3 is 2.30 bits per heavy atom. The molecule has 1 atom stereocenters. The van der Waals surface area contributed by atoms with Gasteiger partial charge in [0, 0.05) is 6.54 Å². The van der Waals surface area contributed by atoms with E-state index in [-0.39, 0.29) is 38.6 Å². The van der Waals surface area contributed by atoms with Crippen LogP contribution in [0.2, 0.25) is 10.0 Å². The standard InChI is InChI=1S/C25H23Cl2N5O6S2/c1-4-31(17-8-6-5-7-9-17)39(34,35)18-11-10-15(2)21(12-18)28-29-24-16(3)30-32(25(24)33)22-13-20(27)23(14-19(22)26)40(36,37)38/h5-14,24H,4H2,1-3H3,(H,36,37,38). The van der Waals surface area contributed by atoms with Crippen LogP contribution in [-0.2, 0) is 24.9 Å². The fourth-order valence-corrected chi connectivity index (χ4v) is 6.76. The number of anilines is 2. The molecule has 15 heteroatoms. The van der Waals surface area contributed by atoms with Crippen LogP contribution in [0.5, 0.6) is 0 Å². The van der Waals surface area contributed by atoms with Gasteiger partial charge < -0.3 is 0 Å². The van der Waals surface area contributed by atoms with Gasteiger partial charge in [-0.3, -0.25) is 13.7 Å². The third-order valence-corrected chi connectivity index (χ3v) is 9.50. The number of amides is 1. The third-order valence-electron chi connectivity index (χ3n) is 5.98. The lowest BCUT2D eigenvalue weighted by Crippen LogP contribution is -2.30. The Balaban J connectivity index is 1.63. The van der Waals surface area contributed by atoms with E-state index in [1.807, 2.05) is 0 Å². The number of aryl methyl sites for hydroxylation is 1. The zero-order valence-corrected chi connectivity index (χ0v) is 24.5. The Bertz CT molecular complexity index is 1760. The molecule has 3 aromatic rings. The maximum absolute atomic E-state index is 13.4. The third kappa shape index (κ3) is 5.74. The number of rotatable bonds is 8. The molecule has 0 bridgehead atoms. The van der Waals surface area contributed by atoms with Crippen LogP contribution in [0.15, 0.2) is 85.8 Å². The highest BCUT2D eigenvalue weighted by Crippen LogP contribution is 2.36. The summed E-state index contributed by atoms with van der Waals surface area (Å²) in [5, 5.41) is 12.8. The molecule has 1 heterocycles. The molecule has 0 radical (unpaired) electrons. The van der Waals surface area contributed by atoms with Crippen molar-refractivity contribution in [2.45, 2.75) is 36.6 Å². The molecule has 40 heavy (non-hydrogen) atoms. The zero-order valence-electron chi connectivity index (χ0n) is 21.4. The second kappa shape index (κ2) is 11.3. The first-order valence-electron chi connectivity index (χ1n) is 11.7. The Labute approximate surface area is 241 Å². The number of carbonyl (C=O) groups is 1. The van der Waals surface area contributed by atoms with Crippen molar-refractivity contribution in [3.8, 4) is 0 Å². The average Bonchev–Trinajstić information content (AvgIpc) is 3.17. The summed E-state index contributed by atoms with van der Waals surface area (Å²) in [6.45, 7) is 5.20. The first kappa shape index (κ1) is 29.6. The van der Waals surface area contributed by atoms with Crippen LogP contribution < -0.4 is 9.31 Å². The van der Waals surface area contributed by atoms with Gasteiger partial charge in [-0.15, -0.1) is 0 Å². The van der Waals surface area contributed by atoms with Crippen molar-refractivity contribution in [1.82, 2.24) is 0 Å². The maximum atomic E-state index is 13.4. The van der Waals surface area contributed by atoms with Gasteiger partial charge in [0.1, 0.15) is 4.90 Å². The Kier molecular flexibility index (Phi) is 8.33. The SMILES string of the molecule is CCN(c1ccccc1)S(=O)(=O)c1ccc(C)c(N=NC2C(=O)N(c3cc(Cl)c(S(=O)(=O)O)cc3Cl)N=C2C)c1. The largest absolute Gasteiger partial charge is 0.296 e. The first-order valence-corrected chi connectivity index (χ1v) is 15.3. The summed E-state index contributed by atoms with van der Waals surface area (Å²) in [5.41, 5.74) is 1.61. The number of halogens is 2. The van der Waals surface area contributed by atoms with Crippen LogP contribution in [0.1, 0.15) is 19.4 Å². The Hall–Kier alpha value is -3.36. The fraction of sp³-hybridized carbons (Fsp3) is 0.200. The molecule has 1 unspecified atom stereocenters. The minimum Gasteiger partial charge on any atom is -0.282 e. The molecule has 1 N–H and O–H groups in total. The highest BCUT2D eigenvalue weighted by Gasteiger charge is 2.36. The molecule has 0 fully saturated rings. The van der Waals surface area contributed by atoms with Gasteiger partial charge >= 0.3 is 0 Å². The van der Waals surface area contributed by atoms with E-state index in [4.69, 9.17) is 23.2 Å². The first-order chi connectivity index (χ1) is 18.8. The second-order valence-electron chi connectivity index (χ2n) is 8.67. The number of benzene rings is 3. The van der Waals surface area contributed by atoms with Gasteiger partial charge in [0.2, 0.25) is 0 Å². The van der Waals surface area contributed by atoms with Gasteiger partial charge in [-0.2, -0.15) is 28.8 Å². The minimum atomic E-state index is -4.65. The summed E-state index contributed by atoms with van der Waals surface area (Å²) in [5.74, 6) is -0.651. The smallest absolute Gasteiger partial charge is 0.282 e. The average molecular weight is 625 g/mol. The van der Waals surface area contributed by atoms with Crippen LogP contribution in [-0.4, -0.2) is 45.6 Å². The molecule has 0 aliphatic carbocycles. The molecule has 1 aliphatic heterocycles. The van der Waals surface area contributed by atoms with Gasteiger partial charge in [0.05, 0.1) is 37.7 Å². The summed E-state index contributed by atoms with van der Waals surface area (Å²) in [4.78, 5) is 12.5. The molecule has 0 spiro atoms. The molecular weight excluding hydrogens is 601 g/mol. The summed E-state index contributed by atoms with van der Waals surface area (Å²) in [6.07, 6.45) is 0. The van der Waals surface area contributed by atoms with E-state index in [0.29, 0.717) is 11.3 Å². The quantitative estimate of drug-likeness (QED) is 0.253. The topological polar surface area (TPSA) is 149 Å². The number of carbonyl (C=O) groups excluding carboxylic acids is 1. The van der Waals surface area contributed by atoms with Crippen molar-refractivity contribution in [1.29, 1.82) is 0 Å². The summed E-state index contributed by atoms with van der Waals surface area (Å²) >= 11 is 12.2. The molecule has 3 aromatic carbocycles. The molecule has 4 rings (SSSR count). The lowest BCUT2D eigenvalue weighted by Gasteiger charge is -2.23.